The van der Waals surface area contributed by atoms with Gasteiger partial charge in [-0.3, -0.25) is 9.88 Å². The minimum absolute atomic E-state index is 0.0157. The second kappa shape index (κ2) is 8.33. The van der Waals surface area contributed by atoms with E-state index in [0.717, 1.165) is 49.0 Å². The van der Waals surface area contributed by atoms with Gasteiger partial charge in [0.25, 0.3) is 0 Å². The highest BCUT2D eigenvalue weighted by molar-refractivity contribution is 5.54. The maximum Gasteiger partial charge on any atom is 0.153 e. The van der Waals surface area contributed by atoms with Gasteiger partial charge in [0.05, 0.1) is 24.9 Å². The van der Waals surface area contributed by atoms with E-state index in [1.807, 2.05) is 25.1 Å². The number of likely N-dealkylation sites (tertiary alicyclic amines) is 1. The predicted octanol–water partition coefficient (Wildman–Crippen LogP) is 1.46. The first-order valence-corrected chi connectivity index (χ1v) is 8.68. The van der Waals surface area contributed by atoms with Gasteiger partial charge >= 0.3 is 0 Å². The van der Waals surface area contributed by atoms with Crippen LogP contribution in [0.4, 0.5) is 11.6 Å². The van der Waals surface area contributed by atoms with Crippen molar-refractivity contribution in [3.8, 4) is 0 Å². The average Bonchev–Trinajstić information content (AvgIpc) is 2.64. The lowest BCUT2D eigenvalue weighted by Crippen LogP contribution is -2.45. The molecule has 134 valence electrons. The number of hydrogen-bond donors (Lipinski definition) is 3. The van der Waals surface area contributed by atoms with Crippen LogP contribution in [0, 0.1) is 6.92 Å². The first kappa shape index (κ1) is 17.7. The fourth-order valence-corrected chi connectivity index (χ4v) is 3.30. The summed E-state index contributed by atoms with van der Waals surface area (Å²) in [6.45, 7) is 3.58. The molecule has 0 unspecified atom stereocenters. The topological polar surface area (TPSA) is 94.4 Å². The molecule has 3 heterocycles. The van der Waals surface area contributed by atoms with Crippen molar-refractivity contribution >= 4 is 11.6 Å². The van der Waals surface area contributed by atoms with E-state index in [1.54, 1.807) is 12.4 Å². The standard InChI is InChI=1S/C18H25N5O2/c1-13-3-2-4-16(21-13)22-18-17(19-7-8-20-18)14-5-9-23(10-6-14)15(11-24)12-25/h2-4,7-8,14-15,24-25H,5-6,9-12H2,1H3,(H,20,21,22). The van der Waals surface area contributed by atoms with Gasteiger partial charge in [-0.1, -0.05) is 6.07 Å². The minimum Gasteiger partial charge on any atom is -0.395 e. The molecule has 0 spiro atoms. The van der Waals surface area contributed by atoms with E-state index < -0.39 is 0 Å². The van der Waals surface area contributed by atoms with Crippen molar-refractivity contribution in [1.29, 1.82) is 0 Å². The Morgan fingerprint density at radius 2 is 1.88 bits per heavy atom. The third-order valence-electron chi connectivity index (χ3n) is 4.72. The molecular weight excluding hydrogens is 318 g/mol. The average molecular weight is 343 g/mol. The van der Waals surface area contributed by atoms with Crippen LogP contribution in [0.15, 0.2) is 30.6 Å². The minimum atomic E-state index is -0.170. The zero-order valence-electron chi connectivity index (χ0n) is 14.5. The van der Waals surface area contributed by atoms with Crippen molar-refractivity contribution in [2.24, 2.45) is 0 Å². The Labute approximate surface area is 147 Å². The lowest BCUT2D eigenvalue weighted by molar-refractivity contribution is 0.0567. The lowest BCUT2D eigenvalue weighted by atomic mass is 9.92. The molecule has 0 aromatic carbocycles. The molecule has 3 rings (SSSR count). The van der Waals surface area contributed by atoms with Gasteiger partial charge < -0.3 is 15.5 Å². The summed E-state index contributed by atoms with van der Waals surface area (Å²) in [6.07, 6.45) is 5.25. The van der Waals surface area contributed by atoms with Gasteiger partial charge in [-0.25, -0.2) is 9.97 Å². The molecule has 0 amide bonds. The molecule has 0 bridgehead atoms. The van der Waals surface area contributed by atoms with Gasteiger partial charge in [-0.05, 0) is 45.0 Å². The fourth-order valence-electron chi connectivity index (χ4n) is 3.30. The molecule has 0 saturated carbocycles. The number of nitrogens with one attached hydrogen (secondary N) is 1. The van der Waals surface area contributed by atoms with Crippen LogP contribution in [0.25, 0.3) is 0 Å². The van der Waals surface area contributed by atoms with Crippen LogP contribution in [0.1, 0.15) is 30.1 Å². The number of rotatable bonds is 6. The van der Waals surface area contributed by atoms with Crippen LogP contribution >= 0.6 is 0 Å². The Balaban J connectivity index is 1.71. The molecule has 25 heavy (non-hydrogen) atoms. The summed E-state index contributed by atoms with van der Waals surface area (Å²) in [5.41, 5.74) is 1.90. The van der Waals surface area contributed by atoms with Crippen molar-refractivity contribution in [2.75, 3.05) is 31.6 Å². The van der Waals surface area contributed by atoms with Crippen LogP contribution in [-0.2, 0) is 0 Å². The van der Waals surface area contributed by atoms with E-state index in [-0.39, 0.29) is 19.3 Å². The van der Waals surface area contributed by atoms with Crippen LogP contribution < -0.4 is 5.32 Å². The molecule has 3 N–H and O–H groups in total. The van der Waals surface area contributed by atoms with Gasteiger partial charge in [-0.15, -0.1) is 0 Å². The Morgan fingerprint density at radius 3 is 2.56 bits per heavy atom. The molecule has 0 atom stereocenters. The van der Waals surface area contributed by atoms with E-state index in [0.29, 0.717) is 5.92 Å². The molecule has 2 aromatic heterocycles. The first-order chi connectivity index (χ1) is 12.2. The number of anilines is 2. The summed E-state index contributed by atoms with van der Waals surface area (Å²) >= 11 is 0. The normalized spacial score (nSPS) is 16.3. The molecular formula is C18H25N5O2. The summed E-state index contributed by atoms with van der Waals surface area (Å²) in [6, 6.07) is 5.67. The molecule has 7 nitrogen and oxygen atoms in total. The quantitative estimate of drug-likeness (QED) is 0.731. The summed E-state index contributed by atoms with van der Waals surface area (Å²) < 4.78 is 0. The zero-order chi connectivity index (χ0) is 17.6. The van der Waals surface area contributed by atoms with Gasteiger partial charge in [0.2, 0.25) is 0 Å². The molecule has 0 aliphatic carbocycles. The van der Waals surface area contributed by atoms with E-state index in [1.165, 1.54) is 0 Å². The lowest BCUT2D eigenvalue weighted by Gasteiger charge is -2.36. The SMILES string of the molecule is Cc1cccc(Nc2nccnc2C2CCN(C(CO)CO)CC2)n1. The zero-order valence-corrected chi connectivity index (χ0v) is 14.5. The molecule has 1 fully saturated rings. The van der Waals surface area contributed by atoms with E-state index in [9.17, 15) is 10.2 Å². The van der Waals surface area contributed by atoms with Crippen molar-refractivity contribution < 1.29 is 10.2 Å². The number of aliphatic hydroxyl groups excluding tert-OH is 2. The van der Waals surface area contributed by atoms with Gasteiger partial charge in [0.15, 0.2) is 5.82 Å². The number of aromatic nitrogens is 3. The van der Waals surface area contributed by atoms with Crippen molar-refractivity contribution in [3.63, 3.8) is 0 Å². The third-order valence-corrected chi connectivity index (χ3v) is 4.72. The number of nitrogens with zero attached hydrogens (tertiary/aromatic N) is 4. The highest BCUT2D eigenvalue weighted by atomic mass is 16.3. The Bertz CT molecular complexity index is 685. The maximum atomic E-state index is 9.35. The first-order valence-electron chi connectivity index (χ1n) is 8.68. The number of aryl methyl sites for hydroxylation is 1. The highest BCUT2D eigenvalue weighted by Crippen LogP contribution is 2.31. The monoisotopic (exact) mass is 343 g/mol. The molecule has 1 saturated heterocycles. The Morgan fingerprint density at radius 1 is 1.16 bits per heavy atom. The van der Waals surface area contributed by atoms with E-state index >= 15 is 0 Å². The van der Waals surface area contributed by atoms with Crippen LogP contribution in [0.3, 0.4) is 0 Å². The molecule has 7 heteroatoms. The Kier molecular flexibility index (Phi) is 5.91. The number of piperidine rings is 1. The highest BCUT2D eigenvalue weighted by Gasteiger charge is 2.27. The van der Waals surface area contributed by atoms with Crippen LogP contribution in [-0.4, -0.2) is 62.4 Å². The maximum absolute atomic E-state index is 9.35. The van der Waals surface area contributed by atoms with Crippen molar-refractivity contribution in [3.05, 3.63) is 42.0 Å². The number of aliphatic hydroxyl groups is 2. The summed E-state index contributed by atoms with van der Waals surface area (Å²) in [4.78, 5) is 15.6. The van der Waals surface area contributed by atoms with E-state index in [4.69, 9.17) is 0 Å². The summed E-state index contributed by atoms with van der Waals surface area (Å²) in [5.74, 6) is 1.81. The van der Waals surface area contributed by atoms with Crippen LogP contribution in [0.5, 0.6) is 0 Å². The van der Waals surface area contributed by atoms with Gasteiger partial charge in [-0.2, -0.15) is 0 Å². The summed E-state index contributed by atoms with van der Waals surface area (Å²) in [5, 5.41) is 22.0. The van der Waals surface area contributed by atoms with Crippen molar-refractivity contribution in [1.82, 2.24) is 19.9 Å². The van der Waals surface area contributed by atoms with Gasteiger partial charge in [0.1, 0.15) is 5.82 Å². The number of hydrogen-bond acceptors (Lipinski definition) is 7. The van der Waals surface area contributed by atoms with Crippen molar-refractivity contribution in [2.45, 2.75) is 31.7 Å². The molecule has 2 aromatic rings. The van der Waals surface area contributed by atoms with Crippen LogP contribution in [0.2, 0.25) is 0 Å². The molecule has 1 aliphatic heterocycles. The second-order valence-corrected chi connectivity index (χ2v) is 6.41. The molecule has 1 aliphatic rings. The predicted molar refractivity (Wildman–Crippen MR) is 95.8 cm³/mol. The smallest absolute Gasteiger partial charge is 0.153 e. The second-order valence-electron chi connectivity index (χ2n) is 6.41. The fraction of sp³-hybridized carbons (Fsp3) is 0.500. The van der Waals surface area contributed by atoms with Gasteiger partial charge in [0, 0.05) is 24.0 Å². The number of pyridine rings is 1. The third kappa shape index (κ3) is 4.31. The summed E-state index contributed by atoms with van der Waals surface area (Å²) in [7, 11) is 0. The molecule has 0 radical (unpaired) electrons. The van der Waals surface area contributed by atoms with E-state index in [2.05, 4.69) is 25.2 Å². The Hall–Kier alpha value is -2.09. The largest absolute Gasteiger partial charge is 0.395 e.